The Hall–Kier alpha value is -1.35. The van der Waals surface area contributed by atoms with Gasteiger partial charge in [-0.2, -0.15) is 0 Å². The highest BCUT2D eigenvalue weighted by atomic mass is 35.5. The number of hydrogen-bond acceptors (Lipinski definition) is 5. The molecule has 134 valence electrons. The molecule has 9 heteroatoms. The van der Waals surface area contributed by atoms with Gasteiger partial charge in [-0.3, -0.25) is 4.79 Å². The first kappa shape index (κ1) is 19.0. The van der Waals surface area contributed by atoms with Crippen LogP contribution in [0.4, 0.5) is 0 Å². The van der Waals surface area contributed by atoms with Crippen molar-refractivity contribution in [3.63, 3.8) is 0 Å². The molecule has 2 rings (SSSR count). The molecule has 0 bridgehead atoms. The number of hydrogen-bond donors (Lipinski definition) is 2. The Morgan fingerprint density at radius 2 is 2.12 bits per heavy atom. The molecule has 0 saturated carbocycles. The standard InChI is InChI=1S/C15H20ClNO6S/c1-22-13-8-11(16)2-3-14(13)24(20,21)17-9-12(15(18)19)10-4-6-23-7-5-10/h2-3,8,10,12,17H,4-7,9H2,1H3,(H,18,19). The van der Waals surface area contributed by atoms with Crippen LogP contribution >= 0.6 is 11.6 Å². The van der Waals surface area contributed by atoms with Gasteiger partial charge in [0.1, 0.15) is 10.6 Å². The van der Waals surface area contributed by atoms with Crippen LogP contribution in [0.1, 0.15) is 12.8 Å². The van der Waals surface area contributed by atoms with Crippen molar-refractivity contribution >= 4 is 27.6 Å². The molecule has 0 spiro atoms. The van der Waals surface area contributed by atoms with Crippen molar-refractivity contribution in [2.75, 3.05) is 26.9 Å². The van der Waals surface area contributed by atoms with Gasteiger partial charge in [-0.15, -0.1) is 0 Å². The molecule has 24 heavy (non-hydrogen) atoms. The van der Waals surface area contributed by atoms with Crippen LogP contribution in [0, 0.1) is 11.8 Å². The third kappa shape index (κ3) is 4.60. The second-order valence-corrected chi connectivity index (χ2v) is 7.71. The summed E-state index contributed by atoms with van der Waals surface area (Å²) in [7, 11) is -2.58. The molecule has 1 saturated heterocycles. The lowest BCUT2D eigenvalue weighted by molar-refractivity contribution is -0.144. The van der Waals surface area contributed by atoms with Gasteiger partial charge in [-0.05, 0) is 30.9 Å². The Bertz CT molecular complexity index is 687. The fourth-order valence-electron chi connectivity index (χ4n) is 2.71. The van der Waals surface area contributed by atoms with Gasteiger partial charge in [0.15, 0.2) is 0 Å². The van der Waals surface area contributed by atoms with Gasteiger partial charge in [0.05, 0.1) is 13.0 Å². The quantitative estimate of drug-likeness (QED) is 0.750. The minimum absolute atomic E-state index is 0.0782. The zero-order valence-electron chi connectivity index (χ0n) is 13.2. The molecule has 0 aliphatic carbocycles. The largest absolute Gasteiger partial charge is 0.495 e. The molecule has 1 unspecified atom stereocenters. The summed E-state index contributed by atoms with van der Waals surface area (Å²) in [6.07, 6.45) is 1.20. The van der Waals surface area contributed by atoms with E-state index in [1.807, 2.05) is 0 Å². The van der Waals surface area contributed by atoms with E-state index in [0.717, 1.165) is 0 Å². The SMILES string of the molecule is COc1cc(Cl)ccc1S(=O)(=O)NCC(C(=O)O)C1CCOCC1. The second-order valence-electron chi connectivity index (χ2n) is 5.54. The Morgan fingerprint density at radius 1 is 1.46 bits per heavy atom. The van der Waals surface area contributed by atoms with Crippen LogP contribution in [0.2, 0.25) is 5.02 Å². The molecule has 1 fully saturated rings. The van der Waals surface area contributed by atoms with Crippen LogP contribution in [-0.2, 0) is 19.6 Å². The molecule has 0 amide bonds. The van der Waals surface area contributed by atoms with E-state index < -0.39 is 21.9 Å². The Labute approximate surface area is 146 Å². The van der Waals surface area contributed by atoms with Gasteiger partial charge in [0.2, 0.25) is 10.0 Å². The van der Waals surface area contributed by atoms with E-state index in [0.29, 0.717) is 31.1 Å². The Kier molecular flexibility index (Phi) is 6.45. The Morgan fingerprint density at radius 3 is 2.71 bits per heavy atom. The van der Waals surface area contributed by atoms with Crippen LogP contribution in [0.25, 0.3) is 0 Å². The van der Waals surface area contributed by atoms with Gasteiger partial charge in [0.25, 0.3) is 0 Å². The number of rotatable bonds is 7. The highest BCUT2D eigenvalue weighted by Crippen LogP contribution is 2.28. The molecular formula is C15H20ClNO6S. The molecule has 7 nitrogen and oxygen atoms in total. The van der Waals surface area contributed by atoms with E-state index >= 15 is 0 Å². The second kappa shape index (κ2) is 8.15. The minimum Gasteiger partial charge on any atom is -0.495 e. The summed E-state index contributed by atoms with van der Waals surface area (Å²) in [6, 6.07) is 4.16. The van der Waals surface area contributed by atoms with Crippen molar-refractivity contribution in [1.82, 2.24) is 4.72 Å². The van der Waals surface area contributed by atoms with Crippen molar-refractivity contribution in [1.29, 1.82) is 0 Å². The summed E-state index contributed by atoms with van der Waals surface area (Å²) in [5, 5.41) is 9.76. The van der Waals surface area contributed by atoms with E-state index in [1.165, 1.54) is 25.3 Å². The van der Waals surface area contributed by atoms with Crippen molar-refractivity contribution in [2.24, 2.45) is 11.8 Å². The van der Waals surface area contributed by atoms with Gasteiger partial charge < -0.3 is 14.6 Å². The number of sulfonamides is 1. The van der Waals surface area contributed by atoms with E-state index in [9.17, 15) is 18.3 Å². The zero-order valence-corrected chi connectivity index (χ0v) is 14.8. The molecule has 1 aromatic rings. The molecule has 0 aromatic heterocycles. The maximum absolute atomic E-state index is 12.5. The van der Waals surface area contributed by atoms with E-state index in [4.69, 9.17) is 21.1 Å². The van der Waals surface area contributed by atoms with Gasteiger partial charge in [-0.1, -0.05) is 11.6 Å². The molecule has 1 heterocycles. The summed E-state index contributed by atoms with van der Waals surface area (Å²) in [6.45, 7) is 0.798. The first-order chi connectivity index (χ1) is 11.3. The summed E-state index contributed by atoms with van der Waals surface area (Å²) in [5.74, 6) is -1.84. The lowest BCUT2D eigenvalue weighted by Crippen LogP contribution is -2.39. The number of ether oxygens (including phenoxy) is 2. The Balaban J connectivity index is 2.14. The topological polar surface area (TPSA) is 102 Å². The van der Waals surface area contributed by atoms with Crippen LogP contribution in [0.3, 0.4) is 0 Å². The normalized spacial score (nSPS) is 17.4. The molecule has 1 atom stereocenters. The average molecular weight is 378 g/mol. The predicted molar refractivity (Wildman–Crippen MR) is 87.9 cm³/mol. The smallest absolute Gasteiger partial charge is 0.308 e. The average Bonchev–Trinajstić information content (AvgIpc) is 2.55. The van der Waals surface area contributed by atoms with Crippen molar-refractivity contribution in [3.05, 3.63) is 23.2 Å². The minimum atomic E-state index is -3.92. The first-order valence-corrected chi connectivity index (χ1v) is 9.35. The van der Waals surface area contributed by atoms with Gasteiger partial charge in [0, 0.05) is 30.8 Å². The fraction of sp³-hybridized carbons (Fsp3) is 0.533. The summed E-state index contributed by atoms with van der Waals surface area (Å²) in [5.41, 5.74) is 0. The lowest BCUT2D eigenvalue weighted by Gasteiger charge is -2.27. The van der Waals surface area contributed by atoms with Crippen molar-refractivity contribution in [2.45, 2.75) is 17.7 Å². The third-order valence-corrected chi connectivity index (χ3v) is 5.76. The number of benzene rings is 1. The number of carbonyl (C=O) groups is 1. The molecule has 1 aromatic carbocycles. The van der Waals surface area contributed by atoms with Crippen LogP contribution in [0.15, 0.2) is 23.1 Å². The van der Waals surface area contributed by atoms with Crippen LogP contribution in [0.5, 0.6) is 5.75 Å². The molecule has 2 N–H and O–H groups in total. The molecule has 1 aliphatic heterocycles. The molecule has 0 radical (unpaired) electrons. The number of nitrogens with one attached hydrogen (secondary N) is 1. The molecule has 1 aliphatic rings. The van der Waals surface area contributed by atoms with Gasteiger partial charge >= 0.3 is 5.97 Å². The third-order valence-electron chi connectivity index (χ3n) is 4.06. The summed E-state index contributed by atoms with van der Waals surface area (Å²) >= 11 is 5.83. The highest BCUT2D eigenvalue weighted by molar-refractivity contribution is 7.89. The monoisotopic (exact) mass is 377 g/mol. The number of methoxy groups -OCH3 is 1. The number of carboxylic acids is 1. The number of halogens is 1. The highest BCUT2D eigenvalue weighted by Gasteiger charge is 2.31. The van der Waals surface area contributed by atoms with Crippen LogP contribution in [-0.4, -0.2) is 46.4 Å². The van der Waals surface area contributed by atoms with E-state index in [2.05, 4.69) is 4.72 Å². The zero-order chi connectivity index (χ0) is 17.7. The lowest BCUT2D eigenvalue weighted by atomic mass is 9.86. The maximum atomic E-state index is 12.5. The van der Waals surface area contributed by atoms with Crippen molar-refractivity contribution < 1.29 is 27.8 Å². The number of carboxylic acid groups (broad SMARTS) is 1. The maximum Gasteiger partial charge on any atom is 0.308 e. The van der Waals surface area contributed by atoms with Gasteiger partial charge in [-0.25, -0.2) is 13.1 Å². The first-order valence-electron chi connectivity index (χ1n) is 7.49. The van der Waals surface area contributed by atoms with E-state index in [1.54, 1.807) is 0 Å². The van der Waals surface area contributed by atoms with Crippen molar-refractivity contribution in [3.8, 4) is 5.75 Å². The summed E-state index contributed by atoms with van der Waals surface area (Å²) < 4.78 is 37.6. The molecular weight excluding hydrogens is 358 g/mol. The predicted octanol–water partition coefficient (Wildman–Crippen LogP) is 1.75. The van der Waals surface area contributed by atoms with Crippen LogP contribution < -0.4 is 9.46 Å². The van der Waals surface area contributed by atoms with E-state index in [-0.39, 0.29) is 23.1 Å². The number of aliphatic carboxylic acids is 1. The fourth-order valence-corrected chi connectivity index (χ4v) is 4.09. The summed E-state index contributed by atoms with van der Waals surface area (Å²) in [4.78, 5) is 11.4.